The third-order valence-corrected chi connectivity index (χ3v) is 4.89. The van der Waals surface area contributed by atoms with Crippen LogP contribution in [0.3, 0.4) is 0 Å². The highest BCUT2D eigenvalue weighted by Crippen LogP contribution is 2.31. The molecule has 0 N–H and O–H groups in total. The van der Waals surface area contributed by atoms with E-state index in [1.165, 1.54) is 13.2 Å². The summed E-state index contributed by atoms with van der Waals surface area (Å²) in [6.07, 6.45) is -5.30. The van der Waals surface area contributed by atoms with Crippen LogP contribution in [-0.4, -0.2) is 51.8 Å². The molecular weight excluding hydrogens is 330 g/mol. The molecule has 22 heavy (non-hydrogen) atoms. The number of alkyl halides is 3. The second-order valence-electron chi connectivity index (χ2n) is 4.67. The van der Waals surface area contributed by atoms with Gasteiger partial charge in [0.15, 0.2) is 0 Å². The van der Waals surface area contributed by atoms with Crippen molar-refractivity contribution in [3.05, 3.63) is 24.0 Å². The molecule has 1 aromatic carbocycles. The number of methoxy groups -OCH3 is 1. The molecule has 5 nitrogen and oxygen atoms in total. The van der Waals surface area contributed by atoms with Gasteiger partial charge in [-0.25, -0.2) is 12.8 Å². The summed E-state index contributed by atoms with van der Waals surface area (Å²) in [5.41, 5.74) is 0. The van der Waals surface area contributed by atoms with E-state index in [-0.39, 0.29) is 23.7 Å². The highest BCUT2D eigenvalue weighted by atomic mass is 32.2. The lowest BCUT2D eigenvalue weighted by Crippen LogP contribution is -2.55. The summed E-state index contributed by atoms with van der Waals surface area (Å²) in [4.78, 5) is -0.371. The Balaban J connectivity index is 2.06. The molecule has 0 aliphatic carbocycles. The van der Waals surface area contributed by atoms with E-state index in [1.54, 1.807) is 0 Å². The molecule has 0 atom stereocenters. The Labute approximate surface area is 124 Å². The zero-order valence-corrected chi connectivity index (χ0v) is 12.2. The van der Waals surface area contributed by atoms with E-state index in [0.29, 0.717) is 0 Å². The molecule has 0 amide bonds. The van der Waals surface area contributed by atoms with E-state index in [4.69, 9.17) is 4.74 Å². The van der Waals surface area contributed by atoms with Gasteiger partial charge in [-0.1, -0.05) is 0 Å². The number of halogens is 4. The summed E-state index contributed by atoms with van der Waals surface area (Å²) in [6.45, 7) is -1.88. The van der Waals surface area contributed by atoms with E-state index in [0.717, 1.165) is 16.4 Å². The molecular formula is C12H13F4NO4S. The van der Waals surface area contributed by atoms with Gasteiger partial charge in [0.05, 0.1) is 13.2 Å². The van der Waals surface area contributed by atoms with Gasteiger partial charge in [0, 0.05) is 13.1 Å². The molecule has 0 unspecified atom stereocenters. The predicted octanol–water partition coefficient (Wildman–Crippen LogP) is 1.79. The van der Waals surface area contributed by atoms with Crippen molar-refractivity contribution in [3.8, 4) is 5.75 Å². The van der Waals surface area contributed by atoms with E-state index in [1.807, 2.05) is 0 Å². The Kier molecular flexibility index (Phi) is 4.64. The molecule has 2 rings (SSSR count). The molecule has 1 aliphatic rings. The first-order chi connectivity index (χ1) is 10.1. The first-order valence-corrected chi connectivity index (χ1v) is 7.59. The van der Waals surface area contributed by atoms with Gasteiger partial charge < -0.3 is 9.47 Å². The van der Waals surface area contributed by atoms with Gasteiger partial charge in [0.2, 0.25) is 10.0 Å². The van der Waals surface area contributed by atoms with E-state index >= 15 is 0 Å². The van der Waals surface area contributed by atoms with Crippen molar-refractivity contribution in [1.82, 2.24) is 4.31 Å². The smallest absolute Gasteiger partial charge is 0.411 e. The molecule has 1 heterocycles. The Morgan fingerprint density at radius 1 is 1.32 bits per heavy atom. The van der Waals surface area contributed by atoms with E-state index < -0.39 is 34.7 Å². The van der Waals surface area contributed by atoms with Crippen LogP contribution in [0, 0.1) is 5.82 Å². The maximum atomic E-state index is 13.2. The van der Waals surface area contributed by atoms with Crippen LogP contribution in [0.4, 0.5) is 17.6 Å². The average Bonchev–Trinajstić information content (AvgIpc) is 2.35. The van der Waals surface area contributed by atoms with Gasteiger partial charge in [-0.2, -0.15) is 17.5 Å². The molecule has 0 bridgehead atoms. The number of sulfonamides is 1. The lowest BCUT2D eigenvalue weighted by Gasteiger charge is -2.37. The zero-order valence-electron chi connectivity index (χ0n) is 11.4. The van der Waals surface area contributed by atoms with Gasteiger partial charge in [-0.15, -0.1) is 0 Å². The first-order valence-electron chi connectivity index (χ1n) is 6.15. The van der Waals surface area contributed by atoms with Crippen LogP contribution in [-0.2, 0) is 14.8 Å². The SMILES string of the molecule is COc1ccc(F)cc1S(=O)(=O)N1CC(OCC(F)(F)F)C1. The number of rotatable bonds is 5. The van der Waals surface area contributed by atoms with Crippen molar-refractivity contribution < 1.29 is 35.5 Å². The van der Waals surface area contributed by atoms with Gasteiger partial charge in [0.1, 0.15) is 23.1 Å². The van der Waals surface area contributed by atoms with Gasteiger partial charge in [-0.3, -0.25) is 0 Å². The van der Waals surface area contributed by atoms with Crippen LogP contribution >= 0.6 is 0 Å². The minimum absolute atomic E-state index is 0.0407. The molecule has 124 valence electrons. The molecule has 10 heteroatoms. The van der Waals surface area contributed by atoms with Crippen LogP contribution in [0.15, 0.2) is 23.1 Å². The van der Waals surface area contributed by atoms with Gasteiger partial charge >= 0.3 is 6.18 Å². The quantitative estimate of drug-likeness (QED) is 0.765. The summed E-state index contributed by atoms with van der Waals surface area (Å²) in [7, 11) is -2.81. The Morgan fingerprint density at radius 2 is 1.95 bits per heavy atom. The standard InChI is InChI=1S/C12H13F4NO4S/c1-20-10-3-2-8(13)4-11(10)22(18,19)17-5-9(6-17)21-7-12(14,15)16/h2-4,9H,5-7H2,1H3. The van der Waals surface area contributed by atoms with Crippen LogP contribution in [0.5, 0.6) is 5.75 Å². The summed E-state index contributed by atoms with van der Waals surface area (Å²) in [6, 6.07) is 3.01. The first kappa shape index (κ1) is 17.0. The number of ether oxygens (including phenoxy) is 2. The minimum Gasteiger partial charge on any atom is -0.495 e. The van der Waals surface area contributed by atoms with Crippen molar-refractivity contribution in [2.45, 2.75) is 17.2 Å². The van der Waals surface area contributed by atoms with Crippen LogP contribution in [0.25, 0.3) is 0 Å². The summed E-state index contributed by atoms with van der Waals surface area (Å²) >= 11 is 0. The molecule has 0 aromatic heterocycles. The summed E-state index contributed by atoms with van der Waals surface area (Å²) in [5, 5.41) is 0. The molecule has 1 aliphatic heterocycles. The average molecular weight is 343 g/mol. The second kappa shape index (κ2) is 6.01. The van der Waals surface area contributed by atoms with Crippen molar-refractivity contribution >= 4 is 10.0 Å². The lowest BCUT2D eigenvalue weighted by atomic mass is 10.2. The van der Waals surface area contributed by atoms with Crippen molar-refractivity contribution in [2.75, 3.05) is 26.8 Å². The Hall–Kier alpha value is -1.39. The van der Waals surface area contributed by atoms with Crippen LogP contribution in [0.1, 0.15) is 0 Å². The number of benzene rings is 1. The van der Waals surface area contributed by atoms with Crippen LogP contribution in [0.2, 0.25) is 0 Å². The summed E-state index contributed by atoms with van der Waals surface area (Å²) in [5.74, 6) is -0.800. The maximum absolute atomic E-state index is 13.2. The third-order valence-electron chi connectivity index (χ3n) is 3.04. The van der Waals surface area contributed by atoms with E-state index in [9.17, 15) is 26.0 Å². The topological polar surface area (TPSA) is 55.8 Å². The monoisotopic (exact) mass is 343 g/mol. The zero-order chi connectivity index (χ0) is 16.5. The number of hydrogen-bond donors (Lipinski definition) is 0. The number of hydrogen-bond acceptors (Lipinski definition) is 4. The van der Waals surface area contributed by atoms with Crippen molar-refractivity contribution in [3.63, 3.8) is 0 Å². The molecule has 1 fully saturated rings. The minimum atomic E-state index is -4.47. The predicted molar refractivity (Wildman–Crippen MR) is 67.5 cm³/mol. The summed E-state index contributed by atoms with van der Waals surface area (Å²) < 4.78 is 84.2. The molecule has 0 radical (unpaired) electrons. The number of nitrogens with zero attached hydrogens (tertiary/aromatic N) is 1. The van der Waals surface area contributed by atoms with Crippen molar-refractivity contribution in [1.29, 1.82) is 0 Å². The normalized spacial score (nSPS) is 17.3. The highest BCUT2D eigenvalue weighted by Gasteiger charge is 2.40. The fourth-order valence-corrected chi connectivity index (χ4v) is 3.58. The maximum Gasteiger partial charge on any atom is 0.411 e. The van der Waals surface area contributed by atoms with E-state index in [2.05, 4.69) is 4.74 Å². The molecule has 1 saturated heterocycles. The lowest BCUT2D eigenvalue weighted by molar-refractivity contribution is -0.194. The highest BCUT2D eigenvalue weighted by molar-refractivity contribution is 7.89. The van der Waals surface area contributed by atoms with Crippen molar-refractivity contribution in [2.24, 2.45) is 0 Å². The Morgan fingerprint density at radius 3 is 2.50 bits per heavy atom. The second-order valence-corrected chi connectivity index (χ2v) is 6.57. The third kappa shape index (κ3) is 3.68. The fourth-order valence-electron chi connectivity index (χ4n) is 1.91. The molecule has 1 aromatic rings. The molecule has 0 saturated carbocycles. The van der Waals surface area contributed by atoms with Crippen LogP contribution < -0.4 is 4.74 Å². The molecule has 0 spiro atoms. The Bertz CT molecular complexity index is 641. The van der Waals surface area contributed by atoms with Gasteiger partial charge in [-0.05, 0) is 18.2 Å². The fraction of sp³-hybridized carbons (Fsp3) is 0.500. The largest absolute Gasteiger partial charge is 0.495 e. The van der Waals surface area contributed by atoms with Gasteiger partial charge in [0.25, 0.3) is 0 Å².